The summed E-state index contributed by atoms with van der Waals surface area (Å²) in [5, 5.41) is 11.1. The van der Waals surface area contributed by atoms with Gasteiger partial charge in [-0.3, -0.25) is 4.68 Å². The van der Waals surface area contributed by atoms with E-state index in [-0.39, 0.29) is 11.6 Å². The Kier molecular flexibility index (Phi) is 4.68. The Morgan fingerprint density at radius 3 is 2.81 bits per heavy atom. The highest BCUT2D eigenvalue weighted by molar-refractivity contribution is 5.90. The van der Waals surface area contributed by atoms with Gasteiger partial charge < -0.3 is 15.5 Å². The van der Waals surface area contributed by atoms with E-state index >= 15 is 0 Å². The van der Waals surface area contributed by atoms with Crippen LogP contribution < -0.4 is 15.5 Å². The number of anilines is 4. The first-order chi connectivity index (χ1) is 14.9. The summed E-state index contributed by atoms with van der Waals surface area (Å²) in [6.45, 7) is 6.89. The number of benzene rings is 2. The molecule has 31 heavy (non-hydrogen) atoms. The van der Waals surface area contributed by atoms with E-state index in [4.69, 9.17) is 0 Å². The molecule has 3 aromatic rings. The van der Waals surface area contributed by atoms with Crippen molar-refractivity contribution >= 4 is 22.7 Å². The van der Waals surface area contributed by atoms with E-state index in [0.29, 0.717) is 11.1 Å². The first-order valence-electron chi connectivity index (χ1n) is 10.5. The fraction of sp³-hybridized carbons (Fsp3) is 0.292. The lowest BCUT2D eigenvalue weighted by Crippen LogP contribution is -2.31. The van der Waals surface area contributed by atoms with Gasteiger partial charge in [0.2, 0.25) is 0 Å². The lowest BCUT2D eigenvalue weighted by molar-refractivity contribution is 0.152. The van der Waals surface area contributed by atoms with Crippen LogP contribution in [0.3, 0.4) is 0 Å². The molecular formula is C24H25F2N5. The molecule has 2 aliphatic rings. The standard InChI is InChI=1S/C24H25F2N5/c1-14-15(2)29-23-20(28-14)7-4-8-21(23)31-9-5-6-16-10-18(17-12-27-30(3)13-17)19(24(25)26)11-22(16)31/h4,7-8,10-13,15,24,28-29H,1,5-6,9H2,2-3H3. The third-order valence-electron chi connectivity index (χ3n) is 6.13. The number of aryl methyl sites for hydroxylation is 2. The number of para-hydroxylation sites is 1. The summed E-state index contributed by atoms with van der Waals surface area (Å²) in [6.07, 6.45) is 2.66. The number of rotatable bonds is 3. The van der Waals surface area contributed by atoms with Gasteiger partial charge in [0.15, 0.2) is 0 Å². The highest BCUT2D eigenvalue weighted by Crippen LogP contribution is 2.45. The number of aromatic nitrogens is 2. The maximum Gasteiger partial charge on any atom is 0.264 e. The Bertz CT molecular complexity index is 1170. The molecule has 2 N–H and O–H groups in total. The predicted molar refractivity (Wildman–Crippen MR) is 121 cm³/mol. The van der Waals surface area contributed by atoms with Crippen molar-refractivity contribution in [1.82, 2.24) is 9.78 Å². The highest BCUT2D eigenvalue weighted by Gasteiger charge is 2.28. The molecule has 0 bridgehead atoms. The zero-order chi connectivity index (χ0) is 21.7. The van der Waals surface area contributed by atoms with Crippen LogP contribution in [0.15, 0.2) is 55.0 Å². The van der Waals surface area contributed by atoms with Gasteiger partial charge in [0.1, 0.15) is 0 Å². The Hall–Kier alpha value is -3.35. The summed E-state index contributed by atoms with van der Waals surface area (Å²) in [4.78, 5) is 2.16. The maximum atomic E-state index is 14.1. The van der Waals surface area contributed by atoms with E-state index in [1.165, 1.54) is 0 Å². The van der Waals surface area contributed by atoms with Crippen molar-refractivity contribution in [3.8, 4) is 11.1 Å². The van der Waals surface area contributed by atoms with Crippen LogP contribution in [0.1, 0.15) is 30.9 Å². The molecule has 0 fully saturated rings. The molecule has 1 aromatic heterocycles. The van der Waals surface area contributed by atoms with Crippen LogP contribution in [0.5, 0.6) is 0 Å². The van der Waals surface area contributed by atoms with Gasteiger partial charge in [-0.15, -0.1) is 0 Å². The van der Waals surface area contributed by atoms with E-state index in [9.17, 15) is 8.78 Å². The Balaban J connectivity index is 1.64. The van der Waals surface area contributed by atoms with Gasteiger partial charge in [-0.2, -0.15) is 5.10 Å². The highest BCUT2D eigenvalue weighted by atomic mass is 19.3. The summed E-state index contributed by atoms with van der Waals surface area (Å²) in [5.74, 6) is 0. The molecule has 7 heteroatoms. The van der Waals surface area contributed by atoms with Crippen LogP contribution in [0.4, 0.5) is 31.5 Å². The van der Waals surface area contributed by atoms with Crippen molar-refractivity contribution in [2.24, 2.45) is 7.05 Å². The summed E-state index contributed by atoms with van der Waals surface area (Å²) < 4.78 is 29.9. The molecule has 5 nitrogen and oxygen atoms in total. The molecule has 3 heterocycles. The summed E-state index contributed by atoms with van der Waals surface area (Å²) >= 11 is 0. The number of fused-ring (bicyclic) bond motifs is 2. The van der Waals surface area contributed by atoms with Crippen molar-refractivity contribution in [3.05, 3.63) is 66.1 Å². The second kappa shape index (κ2) is 7.41. The lowest BCUT2D eigenvalue weighted by atomic mass is 9.92. The predicted octanol–water partition coefficient (Wildman–Crippen LogP) is 5.85. The van der Waals surface area contributed by atoms with E-state index in [2.05, 4.69) is 27.2 Å². The largest absolute Gasteiger partial charge is 0.374 e. The van der Waals surface area contributed by atoms with Crippen LogP contribution in [-0.4, -0.2) is 22.4 Å². The number of nitrogens with zero attached hydrogens (tertiary/aromatic N) is 3. The van der Waals surface area contributed by atoms with Crippen LogP contribution in [0.2, 0.25) is 0 Å². The first-order valence-corrected chi connectivity index (χ1v) is 10.5. The van der Waals surface area contributed by atoms with Crippen LogP contribution in [0.25, 0.3) is 11.1 Å². The zero-order valence-electron chi connectivity index (χ0n) is 17.6. The summed E-state index contributed by atoms with van der Waals surface area (Å²) in [5.41, 5.74) is 7.06. The smallest absolute Gasteiger partial charge is 0.264 e. The molecule has 160 valence electrons. The average molecular weight is 421 g/mol. The SMILES string of the molecule is C=C1Nc2cccc(N3CCCc4cc(-c5cnn(C)c5)c(C(F)F)cc43)c2NC1C. The van der Waals surface area contributed by atoms with E-state index in [1.54, 1.807) is 30.2 Å². The van der Waals surface area contributed by atoms with Gasteiger partial charge in [0.25, 0.3) is 6.43 Å². The normalized spacial score (nSPS) is 17.8. The summed E-state index contributed by atoms with van der Waals surface area (Å²) in [6, 6.07) is 9.69. The van der Waals surface area contributed by atoms with Gasteiger partial charge in [-0.1, -0.05) is 12.6 Å². The quantitative estimate of drug-likeness (QED) is 0.557. The van der Waals surface area contributed by atoms with E-state index in [0.717, 1.165) is 53.4 Å². The Morgan fingerprint density at radius 2 is 2.06 bits per heavy atom. The van der Waals surface area contributed by atoms with Gasteiger partial charge in [0.05, 0.1) is 29.3 Å². The van der Waals surface area contributed by atoms with Crippen molar-refractivity contribution in [3.63, 3.8) is 0 Å². The Labute approximate surface area is 180 Å². The molecule has 0 aliphatic carbocycles. The molecule has 1 unspecified atom stereocenters. The van der Waals surface area contributed by atoms with Crippen LogP contribution >= 0.6 is 0 Å². The first kappa shape index (κ1) is 19.6. The molecule has 2 aliphatic heterocycles. The molecule has 0 saturated carbocycles. The molecule has 2 aromatic carbocycles. The van der Waals surface area contributed by atoms with E-state index in [1.807, 2.05) is 31.2 Å². The number of hydrogen-bond acceptors (Lipinski definition) is 4. The van der Waals surface area contributed by atoms with Gasteiger partial charge in [0, 0.05) is 42.3 Å². The van der Waals surface area contributed by atoms with Crippen LogP contribution in [-0.2, 0) is 13.5 Å². The number of nitrogens with one attached hydrogen (secondary N) is 2. The monoisotopic (exact) mass is 421 g/mol. The molecule has 0 saturated heterocycles. The van der Waals surface area contributed by atoms with Crippen molar-refractivity contribution in [1.29, 1.82) is 0 Å². The lowest BCUT2D eigenvalue weighted by Gasteiger charge is -2.37. The third-order valence-corrected chi connectivity index (χ3v) is 6.13. The minimum atomic E-state index is -2.57. The third kappa shape index (κ3) is 3.34. The molecular weight excluding hydrogens is 396 g/mol. The second-order valence-corrected chi connectivity index (χ2v) is 8.24. The minimum Gasteiger partial charge on any atom is -0.374 e. The second-order valence-electron chi connectivity index (χ2n) is 8.24. The van der Waals surface area contributed by atoms with Crippen molar-refractivity contribution < 1.29 is 8.78 Å². The topological polar surface area (TPSA) is 45.1 Å². The zero-order valence-corrected chi connectivity index (χ0v) is 17.6. The molecule has 1 atom stereocenters. The van der Waals surface area contributed by atoms with E-state index < -0.39 is 6.43 Å². The number of alkyl halides is 2. The minimum absolute atomic E-state index is 0.0382. The maximum absolute atomic E-state index is 14.1. The van der Waals surface area contributed by atoms with Crippen molar-refractivity contribution in [2.75, 3.05) is 22.1 Å². The number of hydrogen-bond donors (Lipinski definition) is 2. The van der Waals surface area contributed by atoms with Gasteiger partial charge >= 0.3 is 0 Å². The average Bonchev–Trinajstić information content (AvgIpc) is 3.19. The van der Waals surface area contributed by atoms with Crippen molar-refractivity contribution in [2.45, 2.75) is 32.2 Å². The van der Waals surface area contributed by atoms with Gasteiger partial charge in [-0.05, 0) is 55.2 Å². The fourth-order valence-electron chi connectivity index (χ4n) is 4.50. The summed E-state index contributed by atoms with van der Waals surface area (Å²) in [7, 11) is 1.79. The number of halogens is 2. The van der Waals surface area contributed by atoms with Crippen LogP contribution in [0, 0.1) is 0 Å². The molecule has 0 amide bonds. The molecule has 0 radical (unpaired) electrons. The molecule has 5 rings (SSSR count). The van der Waals surface area contributed by atoms with Gasteiger partial charge in [-0.25, -0.2) is 8.78 Å². The Morgan fingerprint density at radius 1 is 1.23 bits per heavy atom. The molecule has 0 spiro atoms. The fourth-order valence-corrected chi connectivity index (χ4v) is 4.50.